The molecule has 2 N–H and O–H groups in total. The zero-order chi connectivity index (χ0) is 15.6. The monoisotopic (exact) mass is 328 g/mol. The smallest absolute Gasteiger partial charge is 0.256 e. The fourth-order valence-corrected chi connectivity index (χ4v) is 3.42. The number of fused-ring (bicyclic) bond motifs is 1. The Kier molecular flexibility index (Phi) is 3.72. The summed E-state index contributed by atoms with van der Waals surface area (Å²) in [6.07, 6.45) is 0. The minimum Gasteiger partial charge on any atom is -0.378 e. The van der Waals surface area contributed by atoms with E-state index in [9.17, 15) is 4.79 Å². The average molecular weight is 328 g/mol. The highest BCUT2D eigenvalue weighted by Crippen LogP contribution is 2.25. The molecule has 0 spiro atoms. The van der Waals surface area contributed by atoms with Gasteiger partial charge in [-0.15, -0.1) is 11.3 Å². The van der Waals surface area contributed by atoms with Crippen LogP contribution in [0.3, 0.4) is 0 Å². The predicted octanol–water partition coefficient (Wildman–Crippen LogP) is 2.71. The molecule has 4 rings (SSSR count). The Morgan fingerprint density at radius 3 is 3.04 bits per heavy atom. The lowest BCUT2D eigenvalue weighted by Crippen LogP contribution is -2.36. The van der Waals surface area contributed by atoms with E-state index in [2.05, 4.69) is 20.4 Å². The summed E-state index contributed by atoms with van der Waals surface area (Å²) in [7, 11) is 0. The number of hydrogen-bond donors (Lipinski definition) is 2. The molecule has 1 amide bonds. The Bertz CT molecular complexity index is 835. The number of hydrogen-bond acceptors (Lipinski definition) is 5. The molecule has 0 aliphatic carbocycles. The van der Waals surface area contributed by atoms with Crippen LogP contribution >= 0.6 is 11.3 Å². The van der Waals surface area contributed by atoms with Crippen LogP contribution < -0.4 is 10.2 Å². The maximum absolute atomic E-state index is 12.5. The van der Waals surface area contributed by atoms with Gasteiger partial charge in [0.15, 0.2) is 0 Å². The number of anilines is 2. The van der Waals surface area contributed by atoms with Crippen molar-refractivity contribution in [2.75, 3.05) is 36.5 Å². The van der Waals surface area contributed by atoms with E-state index in [0.717, 1.165) is 42.2 Å². The van der Waals surface area contributed by atoms with Gasteiger partial charge in [0.25, 0.3) is 5.91 Å². The van der Waals surface area contributed by atoms with E-state index in [-0.39, 0.29) is 5.91 Å². The number of morpholine rings is 1. The van der Waals surface area contributed by atoms with E-state index in [4.69, 9.17) is 4.74 Å². The number of carbonyl (C=O) groups is 1. The quantitative estimate of drug-likeness (QED) is 0.775. The first-order valence-corrected chi connectivity index (χ1v) is 8.35. The molecule has 1 aromatic carbocycles. The number of amides is 1. The number of carbonyl (C=O) groups excluding carboxylic acids is 1. The SMILES string of the molecule is O=C(Nc1[nH]nc2sccc12)c1cccc(N2CCOCC2)c1. The maximum Gasteiger partial charge on any atom is 0.256 e. The van der Waals surface area contributed by atoms with Crippen LogP contribution in [0.25, 0.3) is 10.2 Å². The third-order valence-corrected chi connectivity index (χ3v) is 4.71. The Morgan fingerprint density at radius 1 is 1.30 bits per heavy atom. The third kappa shape index (κ3) is 2.80. The van der Waals surface area contributed by atoms with Crippen LogP contribution in [0.4, 0.5) is 11.5 Å². The molecule has 23 heavy (non-hydrogen) atoms. The molecule has 0 atom stereocenters. The second-order valence-corrected chi connectivity index (χ2v) is 6.24. The van der Waals surface area contributed by atoms with Crippen LogP contribution in [-0.4, -0.2) is 42.4 Å². The molecule has 1 saturated heterocycles. The van der Waals surface area contributed by atoms with E-state index < -0.39 is 0 Å². The van der Waals surface area contributed by atoms with E-state index >= 15 is 0 Å². The molecule has 1 aliphatic heterocycles. The zero-order valence-electron chi connectivity index (χ0n) is 12.4. The molecule has 1 aliphatic rings. The first-order chi connectivity index (χ1) is 11.3. The number of aromatic nitrogens is 2. The first-order valence-electron chi connectivity index (χ1n) is 7.47. The van der Waals surface area contributed by atoms with Crippen LogP contribution in [0.15, 0.2) is 35.7 Å². The summed E-state index contributed by atoms with van der Waals surface area (Å²) in [5, 5.41) is 12.8. The van der Waals surface area contributed by atoms with Crippen molar-refractivity contribution in [1.29, 1.82) is 0 Å². The lowest BCUT2D eigenvalue weighted by atomic mass is 10.1. The summed E-state index contributed by atoms with van der Waals surface area (Å²) in [6.45, 7) is 3.14. The highest BCUT2D eigenvalue weighted by molar-refractivity contribution is 7.16. The number of thiophene rings is 1. The Hall–Kier alpha value is -2.38. The number of rotatable bonds is 3. The highest BCUT2D eigenvalue weighted by Gasteiger charge is 2.15. The van der Waals surface area contributed by atoms with Crippen molar-refractivity contribution in [2.24, 2.45) is 0 Å². The van der Waals surface area contributed by atoms with Gasteiger partial charge in [-0.1, -0.05) is 6.07 Å². The van der Waals surface area contributed by atoms with Gasteiger partial charge >= 0.3 is 0 Å². The molecule has 3 heterocycles. The Morgan fingerprint density at radius 2 is 2.17 bits per heavy atom. The van der Waals surface area contributed by atoms with Crippen LogP contribution in [0.5, 0.6) is 0 Å². The van der Waals surface area contributed by atoms with Crippen molar-refractivity contribution in [3.8, 4) is 0 Å². The Balaban J connectivity index is 1.55. The predicted molar refractivity (Wildman–Crippen MR) is 91.4 cm³/mol. The number of aromatic amines is 1. The fraction of sp³-hybridized carbons (Fsp3) is 0.250. The van der Waals surface area contributed by atoms with Crippen LogP contribution in [0.1, 0.15) is 10.4 Å². The maximum atomic E-state index is 12.5. The van der Waals surface area contributed by atoms with Gasteiger partial charge in [-0.2, -0.15) is 5.10 Å². The molecule has 1 fully saturated rings. The molecular formula is C16H16N4O2S. The third-order valence-electron chi connectivity index (χ3n) is 3.91. The summed E-state index contributed by atoms with van der Waals surface area (Å²) in [5.74, 6) is 0.500. The van der Waals surface area contributed by atoms with Crippen LogP contribution in [-0.2, 0) is 4.74 Å². The van der Waals surface area contributed by atoms with Gasteiger partial charge < -0.3 is 15.0 Å². The summed E-state index contributed by atoms with van der Waals surface area (Å²) in [4.78, 5) is 15.6. The van der Waals surface area contributed by atoms with Gasteiger partial charge in [0.2, 0.25) is 0 Å². The van der Waals surface area contributed by atoms with Gasteiger partial charge in [-0.3, -0.25) is 9.89 Å². The van der Waals surface area contributed by atoms with Crippen molar-refractivity contribution in [2.45, 2.75) is 0 Å². The molecular weight excluding hydrogens is 312 g/mol. The molecule has 2 aromatic heterocycles. The topological polar surface area (TPSA) is 70.2 Å². The number of ether oxygens (including phenoxy) is 1. The molecule has 7 heteroatoms. The van der Waals surface area contributed by atoms with Gasteiger partial charge in [-0.25, -0.2) is 0 Å². The summed E-state index contributed by atoms with van der Waals surface area (Å²) in [6, 6.07) is 9.62. The molecule has 0 unspecified atom stereocenters. The molecule has 0 saturated carbocycles. The van der Waals surface area contributed by atoms with Crippen molar-refractivity contribution >= 4 is 39.0 Å². The Labute approximate surface area is 137 Å². The van der Waals surface area contributed by atoms with Crippen molar-refractivity contribution < 1.29 is 9.53 Å². The second kappa shape index (κ2) is 6.02. The largest absolute Gasteiger partial charge is 0.378 e. The standard InChI is InChI=1S/C16H16N4O2S/c21-15(17-14-13-4-9-23-16(13)19-18-14)11-2-1-3-12(10-11)20-5-7-22-8-6-20/h1-4,9-10H,5-8H2,(H2,17,18,19,21). The van der Waals surface area contributed by atoms with Crippen LogP contribution in [0, 0.1) is 0 Å². The number of H-pyrrole nitrogens is 1. The first kappa shape index (κ1) is 14.2. The number of benzene rings is 1. The van der Waals surface area contributed by atoms with Gasteiger partial charge in [0.05, 0.1) is 18.6 Å². The summed E-state index contributed by atoms with van der Waals surface area (Å²) < 4.78 is 5.37. The highest BCUT2D eigenvalue weighted by atomic mass is 32.1. The van der Waals surface area contributed by atoms with E-state index in [1.54, 1.807) is 11.3 Å². The molecule has 3 aromatic rings. The van der Waals surface area contributed by atoms with E-state index in [1.807, 2.05) is 35.7 Å². The normalized spacial score (nSPS) is 15.0. The van der Waals surface area contributed by atoms with Crippen molar-refractivity contribution in [1.82, 2.24) is 10.2 Å². The second-order valence-electron chi connectivity index (χ2n) is 5.34. The number of nitrogens with one attached hydrogen (secondary N) is 2. The van der Waals surface area contributed by atoms with Crippen molar-refractivity contribution in [3.05, 3.63) is 41.3 Å². The van der Waals surface area contributed by atoms with Crippen LogP contribution in [0.2, 0.25) is 0 Å². The fourth-order valence-electron chi connectivity index (χ4n) is 2.69. The zero-order valence-corrected chi connectivity index (χ0v) is 13.2. The van der Waals surface area contributed by atoms with Gasteiger partial charge in [-0.05, 0) is 29.6 Å². The van der Waals surface area contributed by atoms with E-state index in [0.29, 0.717) is 11.4 Å². The minimum atomic E-state index is -0.142. The molecule has 0 bridgehead atoms. The van der Waals surface area contributed by atoms with E-state index in [1.165, 1.54) is 0 Å². The number of nitrogens with zero attached hydrogens (tertiary/aromatic N) is 2. The van der Waals surface area contributed by atoms with Gasteiger partial charge in [0.1, 0.15) is 10.6 Å². The van der Waals surface area contributed by atoms with Gasteiger partial charge in [0, 0.05) is 24.3 Å². The lowest BCUT2D eigenvalue weighted by molar-refractivity contribution is 0.102. The lowest BCUT2D eigenvalue weighted by Gasteiger charge is -2.29. The summed E-state index contributed by atoms with van der Waals surface area (Å²) in [5.41, 5.74) is 1.68. The summed E-state index contributed by atoms with van der Waals surface area (Å²) >= 11 is 1.54. The van der Waals surface area contributed by atoms with Crippen molar-refractivity contribution in [3.63, 3.8) is 0 Å². The molecule has 6 nitrogen and oxygen atoms in total. The molecule has 0 radical (unpaired) electrons. The minimum absolute atomic E-state index is 0.142. The molecule has 118 valence electrons. The average Bonchev–Trinajstić information content (AvgIpc) is 3.21.